The first kappa shape index (κ1) is 13.5. The van der Waals surface area contributed by atoms with Crippen molar-refractivity contribution in [3.63, 3.8) is 0 Å². The molecule has 3 nitrogen and oxygen atoms in total. The summed E-state index contributed by atoms with van der Waals surface area (Å²) in [6, 6.07) is 2.25. The van der Waals surface area contributed by atoms with Gasteiger partial charge >= 0.3 is 0 Å². The lowest BCUT2D eigenvalue weighted by molar-refractivity contribution is -0.0532. The van der Waals surface area contributed by atoms with Crippen molar-refractivity contribution in [3.05, 3.63) is 0 Å². The summed E-state index contributed by atoms with van der Waals surface area (Å²) in [7, 11) is 0. The van der Waals surface area contributed by atoms with E-state index >= 15 is 0 Å². The van der Waals surface area contributed by atoms with E-state index in [2.05, 4.69) is 24.8 Å². The molecule has 1 N–H and O–H groups in total. The third-order valence-electron chi connectivity index (χ3n) is 3.56. The van der Waals surface area contributed by atoms with Crippen molar-refractivity contribution in [1.29, 1.82) is 5.26 Å². The predicted molar refractivity (Wildman–Crippen MR) is 64.9 cm³/mol. The first-order valence-electron chi connectivity index (χ1n) is 6.36. The summed E-state index contributed by atoms with van der Waals surface area (Å²) in [5.74, 6) is 0.470. The highest BCUT2D eigenvalue weighted by Gasteiger charge is 2.38. The largest absolute Gasteiger partial charge is 0.388 e. The van der Waals surface area contributed by atoms with Gasteiger partial charge in [-0.1, -0.05) is 20.8 Å². The summed E-state index contributed by atoms with van der Waals surface area (Å²) in [6.07, 6.45) is 2.23. The molecule has 0 aromatic heterocycles. The van der Waals surface area contributed by atoms with Crippen molar-refractivity contribution in [1.82, 2.24) is 4.90 Å². The summed E-state index contributed by atoms with van der Waals surface area (Å²) in [5, 5.41) is 19.5. The Kier molecular flexibility index (Phi) is 4.76. The molecule has 0 spiro atoms. The van der Waals surface area contributed by atoms with Crippen LogP contribution in [0.25, 0.3) is 0 Å². The molecular weight excluding hydrogens is 200 g/mol. The van der Waals surface area contributed by atoms with Crippen LogP contribution in [0, 0.1) is 23.2 Å². The van der Waals surface area contributed by atoms with Gasteiger partial charge < -0.3 is 10.0 Å². The number of nitrogens with zero attached hydrogens (tertiary/aromatic N) is 2. The molecular formula is C13H24N2O. The van der Waals surface area contributed by atoms with Crippen molar-refractivity contribution in [2.45, 2.75) is 45.6 Å². The minimum atomic E-state index is -0.739. The Labute approximate surface area is 99.1 Å². The molecule has 1 rings (SSSR count). The lowest BCUT2D eigenvalue weighted by atomic mass is 9.79. The summed E-state index contributed by atoms with van der Waals surface area (Å²) in [6.45, 7) is 9.35. The highest BCUT2D eigenvalue weighted by atomic mass is 16.3. The lowest BCUT2D eigenvalue weighted by Crippen LogP contribution is -2.49. The SMILES string of the molecule is CCC(C#N)C1(O)CCN(CC(C)C)CC1. The Hall–Kier alpha value is -0.590. The third-order valence-corrected chi connectivity index (χ3v) is 3.56. The highest BCUT2D eigenvalue weighted by molar-refractivity contribution is 5.00. The number of nitriles is 1. The van der Waals surface area contributed by atoms with E-state index in [4.69, 9.17) is 5.26 Å². The maximum absolute atomic E-state index is 10.4. The molecule has 1 saturated heterocycles. The van der Waals surface area contributed by atoms with E-state index in [1.54, 1.807) is 0 Å². The third kappa shape index (κ3) is 3.20. The summed E-state index contributed by atoms with van der Waals surface area (Å²) in [5.41, 5.74) is -0.739. The van der Waals surface area contributed by atoms with E-state index in [1.807, 2.05) is 6.92 Å². The van der Waals surface area contributed by atoms with Crippen LogP contribution in [0.15, 0.2) is 0 Å². The molecule has 1 aliphatic rings. The second-order valence-corrected chi connectivity index (χ2v) is 5.39. The van der Waals surface area contributed by atoms with Gasteiger partial charge in [-0.3, -0.25) is 0 Å². The monoisotopic (exact) mass is 224 g/mol. The molecule has 1 unspecified atom stereocenters. The number of hydrogen-bond acceptors (Lipinski definition) is 3. The van der Waals surface area contributed by atoms with Crippen LogP contribution in [0.5, 0.6) is 0 Å². The zero-order chi connectivity index (χ0) is 12.2. The van der Waals surface area contributed by atoms with Gasteiger partial charge in [-0.05, 0) is 25.2 Å². The molecule has 0 amide bonds. The number of likely N-dealkylation sites (tertiary alicyclic amines) is 1. The Bertz CT molecular complexity index is 249. The zero-order valence-electron chi connectivity index (χ0n) is 10.7. The van der Waals surface area contributed by atoms with E-state index in [-0.39, 0.29) is 5.92 Å². The first-order chi connectivity index (χ1) is 7.51. The number of piperidine rings is 1. The van der Waals surface area contributed by atoms with Crippen LogP contribution in [0.1, 0.15) is 40.0 Å². The zero-order valence-corrected chi connectivity index (χ0v) is 10.7. The van der Waals surface area contributed by atoms with Gasteiger partial charge in [0.15, 0.2) is 0 Å². The van der Waals surface area contributed by atoms with Crippen LogP contribution < -0.4 is 0 Å². The van der Waals surface area contributed by atoms with Crippen LogP contribution in [-0.4, -0.2) is 35.2 Å². The molecule has 1 fully saturated rings. The van der Waals surface area contributed by atoms with E-state index in [0.29, 0.717) is 5.92 Å². The molecule has 0 radical (unpaired) electrons. The molecule has 0 aromatic carbocycles. The van der Waals surface area contributed by atoms with Crippen molar-refractivity contribution < 1.29 is 5.11 Å². The van der Waals surface area contributed by atoms with E-state index in [9.17, 15) is 5.11 Å². The number of aliphatic hydroxyl groups is 1. The fourth-order valence-electron chi connectivity index (χ4n) is 2.58. The molecule has 0 saturated carbocycles. The second-order valence-electron chi connectivity index (χ2n) is 5.39. The Morgan fingerprint density at radius 1 is 1.38 bits per heavy atom. The van der Waals surface area contributed by atoms with Crippen LogP contribution in [0.2, 0.25) is 0 Å². The van der Waals surface area contributed by atoms with Crippen molar-refractivity contribution >= 4 is 0 Å². The van der Waals surface area contributed by atoms with Crippen LogP contribution in [0.4, 0.5) is 0 Å². The quantitative estimate of drug-likeness (QED) is 0.794. The van der Waals surface area contributed by atoms with Gasteiger partial charge in [0.05, 0.1) is 17.6 Å². The van der Waals surface area contributed by atoms with Gasteiger partial charge in [0, 0.05) is 19.6 Å². The molecule has 1 aliphatic heterocycles. The topological polar surface area (TPSA) is 47.3 Å². The second kappa shape index (κ2) is 5.65. The van der Waals surface area contributed by atoms with E-state index in [1.165, 1.54) is 0 Å². The first-order valence-corrected chi connectivity index (χ1v) is 6.36. The fourth-order valence-corrected chi connectivity index (χ4v) is 2.58. The maximum atomic E-state index is 10.4. The summed E-state index contributed by atoms with van der Waals surface area (Å²) in [4.78, 5) is 2.39. The fraction of sp³-hybridized carbons (Fsp3) is 0.923. The molecule has 16 heavy (non-hydrogen) atoms. The average molecular weight is 224 g/mol. The maximum Gasteiger partial charge on any atom is 0.0829 e. The van der Waals surface area contributed by atoms with Crippen molar-refractivity contribution in [3.8, 4) is 6.07 Å². The van der Waals surface area contributed by atoms with Gasteiger partial charge in [0.2, 0.25) is 0 Å². The van der Waals surface area contributed by atoms with Gasteiger partial charge in [-0.2, -0.15) is 5.26 Å². The van der Waals surface area contributed by atoms with Crippen LogP contribution in [-0.2, 0) is 0 Å². The molecule has 0 aromatic rings. The predicted octanol–water partition coefficient (Wildman–Crippen LogP) is 2.02. The van der Waals surface area contributed by atoms with E-state index < -0.39 is 5.60 Å². The van der Waals surface area contributed by atoms with Gasteiger partial charge in [0.1, 0.15) is 0 Å². The Morgan fingerprint density at radius 2 is 1.94 bits per heavy atom. The van der Waals surface area contributed by atoms with Crippen LogP contribution in [0.3, 0.4) is 0 Å². The number of rotatable bonds is 4. The summed E-state index contributed by atoms with van der Waals surface area (Å²) < 4.78 is 0. The smallest absolute Gasteiger partial charge is 0.0829 e. The minimum Gasteiger partial charge on any atom is -0.388 e. The number of hydrogen-bond donors (Lipinski definition) is 1. The van der Waals surface area contributed by atoms with Gasteiger partial charge in [0.25, 0.3) is 0 Å². The highest BCUT2D eigenvalue weighted by Crippen LogP contribution is 2.31. The normalized spacial score (nSPS) is 23.0. The van der Waals surface area contributed by atoms with Gasteiger partial charge in [-0.15, -0.1) is 0 Å². The Balaban J connectivity index is 2.50. The molecule has 3 heteroatoms. The van der Waals surface area contributed by atoms with Gasteiger partial charge in [-0.25, -0.2) is 0 Å². The molecule has 0 bridgehead atoms. The van der Waals surface area contributed by atoms with Crippen molar-refractivity contribution in [2.75, 3.05) is 19.6 Å². The van der Waals surface area contributed by atoms with Crippen molar-refractivity contribution in [2.24, 2.45) is 11.8 Å². The lowest BCUT2D eigenvalue weighted by Gasteiger charge is -2.41. The summed E-state index contributed by atoms with van der Waals surface area (Å²) >= 11 is 0. The molecule has 92 valence electrons. The minimum absolute atomic E-state index is 0.200. The van der Waals surface area contributed by atoms with Crippen LogP contribution >= 0.6 is 0 Å². The average Bonchev–Trinajstić information content (AvgIpc) is 2.23. The molecule has 1 atom stereocenters. The Morgan fingerprint density at radius 3 is 2.31 bits per heavy atom. The van der Waals surface area contributed by atoms with E-state index in [0.717, 1.165) is 38.9 Å². The standard InChI is InChI=1S/C13H24N2O/c1-4-12(9-14)13(16)5-7-15(8-6-13)10-11(2)3/h11-12,16H,4-8,10H2,1-3H3. The molecule has 0 aliphatic carbocycles. The molecule has 1 heterocycles.